The highest BCUT2D eigenvalue weighted by Gasteiger charge is 2.27. The molecular formula is C15H25N3OS. The molecule has 0 aliphatic carbocycles. The van der Waals surface area contributed by atoms with Gasteiger partial charge in [-0.1, -0.05) is 13.0 Å². The summed E-state index contributed by atoms with van der Waals surface area (Å²) >= 11 is 1.72. The van der Waals surface area contributed by atoms with Crippen LogP contribution in [-0.2, 0) is 4.79 Å². The maximum atomic E-state index is 12.3. The van der Waals surface area contributed by atoms with Gasteiger partial charge in [0.2, 0.25) is 5.91 Å². The first-order chi connectivity index (χ1) is 9.63. The third-order valence-electron chi connectivity index (χ3n) is 4.03. The number of thiophene rings is 1. The smallest absolute Gasteiger partial charge is 0.236 e. The molecule has 0 aromatic carbocycles. The minimum Gasteiger partial charge on any atom is -0.342 e. The zero-order valence-electron chi connectivity index (χ0n) is 12.4. The molecule has 1 saturated heterocycles. The Morgan fingerprint density at radius 1 is 1.50 bits per heavy atom. The first-order valence-electron chi connectivity index (χ1n) is 7.40. The molecule has 2 heterocycles. The van der Waals surface area contributed by atoms with Gasteiger partial charge in [-0.15, -0.1) is 11.3 Å². The van der Waals surface area contributed by atoms with Crippen molar-refractivity contribution in [3.05, 3.63) is 22.4 Å². The van der Waals surface area contributed by atoms with E-state index in [9.17, 15) is 4.79 Å². The number of rotatable bonds is 6. The van der Waals surface area contributed by atoms with Crippen LogP contribution in [0.25, 0.3) is 0 Å². The molecule has 20 heavy (non-hydrogen) atoms. The first kappa shape index (κ1) is 15.5. The maximum Gasteiger partial charge on any atom is 0.236 e. The number of amides is 1. The second-order valence-corrected chi connectivity index (χ2v) is 6.51. The fourth-order valence-corrected chi connectivity index (χ4v) is 3.78. The van der Waals surface area contributed by atoms with Gasteiger partial charge in [0.15, 0.2) is 0 Å². The first-order valence-corrected chi connectivity index (χ1v) is 8.28. The van der Waals surface area contributed by atoms with E-state index >= 15 is 0 Å². The van der Waals surface area contributed by atoms with Crippen LogP contribution >= 0.6 is 11.3 Å². The zero-order chi connectivity index (χ0) is 14.5. The van der Waals surface area contributed by atoms with Crippen LogP contribution in [-0.4, -0.2) is 48.4 Å². The molecule has 1 aromatic rings. The Hall–Kier alpha value is -0.910. The highest BCUT2D eigenvalue weighted by molar-refractivity contribution is 7.10. The lowest BCUT2D eigenvalue weighted by molar-refractivity contribution is -0.131. The quantitative estimate of drug-likeness (QED) is 0.874. The molecule has 1 aromatic heterocycles. The van der Waals surface area contributed by atoms with E-state index in [1.807, 2.05) is 18.0 Å². The predicted octanol–water partition coefficient (Wildman–Crippen LogP) is 2.08. The molecule has 2 N–H and O–H groups in total. The molecule has 5 heteroatoms. The summed E-state index contributed by atoms with van der Waals surface area (Å²) in [5, 5.41) is 2.07. The van der Waals surface area contributed by atoms with E-state index in [0.29, 0.717) is 6.54 Å². The van der Waals surface area contributed by atoms with Crippen LogP contribution in [0.1, 0.15) is 37.1 Å². The monoisotopic (exact) mass is 295 g/mol. The van der Waals surface area contributed by atoms with E-state index in [-0.39, 0.29) is 18.0 Å². The van der Waals surface area contributed by atoms with Crippen LogP contribution in [0.15, 0.2) is 17.5 Å². The lowest BCUT2D eigenvalue weighted by Crippen LogP contribution is -2.44. The summed E-state index contributed by atoms with van der Waals surface area (Å²) in [6.07, 6.45) is 3.18. The van der Waals surface area contributed by atoms with Crippen molar-refractivity contribution in [3.8, 4) is 0 Å². The Morgan fingerprint density at radius 2 is 2.20 bits per heavy atom. The van der Waals surface area contributed by atoms with Crippen molar-refractivity contribution in [1.29, 1.82) is 0 Å². The summed E-state index contributed by atoms with van der Waals surface area (Å²) in [5.41, 5.74) is 6.28. The molecule has 0 saturated carbocycles. The number of nitrogens with zero attached hydrogens (tertiary/aromatic N) is 2. The molecule has 1 amide bonds. The van der Waals surface area contributed by atoms with Gasteiger partial charge in [-0.2, -0.15) is 0 Å². The number of likely N-dealkylation sites (tertiary alicyclic amines) is 1. The molecular weight excluding hydrogens is 270 g/mol. The van der Waals surface area contributed by atoms with Gasteiger partial charge in [0.05, 0.1) is 12.6 Å². The summed E-state index contributed by atoms with van der Waals surface area (Å²) in [6.45, 7) is 4.38. The lowest BCUT2D eigenvalue weighted by atomic mass is 10.0. The van der Waals surface area contributed by atoms with Gasteiger partial charge >= 0.3 is 0 Å². The number of carbonyl (C=O) groups excluding carboxylic acids is 1. The van der Waals surface area contributed by atoms with Crippen molar-refractivity contribution in [2.45, 2.75) is 38.3 Å². The summed E-state index contributed by atoms with van der Waals surface area (Å²) in [5.74, 6) is 0.231. The molecule has 112 valence electrons. The normalized spacial score (nSPS) is 18.5. The van der Waals surface area contributed by atoms with E-state index in [0.717, 1.165) is 32.4 Å². The average Bonchev–Trinajstić information content (AvgIpc) is 3.11. The minimum atomic E-state index is 0.0602. The third-order valence-corrected chi connectivity index (χ3v) is 4.97. The molecule has 2 rings (SSSR count). The van der Waals surface area contributed by atoms with Crippen molar-refractivity contribution >= 4 is 17.2 Å². The third kappa shape index (κ3) is 3.59. The van der Waals surface area contributed by atoms with Gasteiger partial charge < -0.3 is 10.6 Å². The Balaban J connectivity index is 2.02. The standard InChI is InChI=1S/C15H25N3OS/c1-3-12(16)15(13-7-6-10-20-13)17(2)11-14(19)18-8-4-5-9-18/h6-7,10,12,15H,3-5,8-9,11,16H2,1-2H3. The van der Waals surface area contributed by atoms with E-state index in [1.54, 1.807) is 11.3 Å². The molecule has 0 bridgehead atoms. The van der Waals surface area contributed by atoms with E-state index in [1.165, 1.54) is 4.88 Å². The van der Waals surface area contributed by atoms with Crippen LogP contribution in [0.3, 0.4) is 0 Å². The van der Waals surface area contributed by atoms with Gasteiger partial charge in [0, 0.05) is 24.0 Å². The van der Waals surface area contributed by atoms with E-state index in [4.69, 9.17) is 5.73 Å². The average molecular weight is 295 g/mol. The number of likely N-dealkylation sites (N-methyl/N-ethyl adjacent to an activating group) is 1. The van der Waals surface area contributed by atoms with Crippen LogP contribution in [0.5, 0.6) is 0 Å². The molecule has 1 fully saturated rings. The van der Waals surface area contributed by atoms with Crippen LogP contribution in [0.2, 0.25) is 0 Å². The van der Waals surface area contributed by atoms with Gasteiger partial charge in [-0.05, 0) is 37.8 Å². The summed E-state index contributed by atoms with van der Waals surface area (Å²) in [6, 6.07) is 4.35. The van der Waals surface area contributed by atoms with Crippen molar-refractivity contribution in [2.75, 3.05) is 26.7 Å². The molecule has 0 spiro atoms. The fraction of sp³-hybridized carbons (Fsp3) is 0.667. The second kappa shape index (κ2) is 7.20. The SMILES string of the molecule is CCC(N)C(c1cccs1)N(C)CC(=O)N1CCCC1. The zero-order valence-corrected chi connectivity index (χ0v) is 13.2. The van der Waals surface area contributed by atoms with Gasteiger partial charge in [0.1, 0.15) is 0 Å². The van der Waals surface area contributed by atoms with Gasteiger partial charge in [-0.25, -0.2) is 0 Å². The summed E-state index contributed by atoms with van der Waals surface area (Å²) < 4.78 is 0. The van der Waals surface area contributed by atoms with Crippen molar-refractivity contribution in [1.82, 2.24) is 9.80 Å². The molecule has 1 aliphatic heterocycles. The molecule has 1 aliphatic rings. The van der Waals surface area contributed by atoms with E-state index in [2.05, 4.69) is 23.3 Å². The van der Waals surface area contributed by atoms with Crippen LogP contribution in [0, 0.1) is 0 Å². The molecule has 0 radical (unpaired) electrons. The number of hydrogen-bond acceptors (Lipinski definition) is 4. The number of nitrogens with two attached hydrogens (primary N) is 1. The Labute approximate surface area is 125 Å². The Bertz CT molecular complexity index is 415. The van der Waals surface area contributed by atoms with Gasteiger partial charge in [0.25, 0.3) is 0 Å². The summed E-state index contributed by atoms with van der Waals surface area (Å²) in [7, 11) is 2.01. The lowest BCUT2D eigenvalue weighted by Gasteiger charge is -2.32. The topological polar surface area (TPSA) is 49.6 Å². The van der Waals surface area contributed by atoms with Crippen molar-refractivity contribution in [2.24, 2.45) is 5.73 Å². The van der Waals surface area contributed by atoms with Crippen molar-refractivity contribution in [3.63, 3.8) is 0 Å². The Morgan fingerprint density at radius 3 is 2.75 bits per heavy atom. The van der Waals surface area contributed by atoms with Crippen LogP contribution in [0.4, 0.5) is 0 Å². The highest BCUT2D eigenvalue weighted by Crippen LogP contribution is 2.27. The Kier molecular flexibility index (Phi) is 5.57. The largest absolute Gasteiger partial charge is 0.342 e. The second-order valence-electron chi connectivity index (χ2n) is 5.54. The van der Waals surface area contributed by atoms with Crippen molar-refractivity contribution < 1.29 is 4.79 Å². The fourth-order valence-electron chi connectivity index (χ4n) is 2.82. The number of hydrogen-bond donors (Lipinski definition) is 1. The van der Waals surface area contributed by atoms with Gasteiger partial charge in [-0.3, -0.25) is 9.69 Å². The molecule has 4 nitrogen and oxygen atoms in total. The molecule has 2 unspecified atom stereocenters. The van der Waals surface area contributed by atoms with Crippen LogP contribution < -0.4 is 5.73 Å². The summed E-state index contributed by atoms with van der Waals surface area (Å²) in [4.78, 5) is 17.6. The molecule has 2 atom stereocenters. The highest BCUT2D eigenvalue weighted by atomic mass is 32.1. The predicted molar refractivity (Wildman–Crippen MR) is 83.8 cm³/mol. The van der Waals surface area contributed by atoms with E-state index < -0.39 is 0 Å². The maximum absolute atomic E-state index is 12.3. The minimum absolute atomic E-state index is 0.0602. The number of carbonyl (C=O) groups is 1.